The maximum Gasteiger partial charge on any atom is 0.269 e. The number of aryl methyl sites for hydroxylation is 1. The standard InChI is InChI=1S/C18H22N2O5/c1-13-4-2-3-5-18(13)25-12-16(21)10-19-11-17(22)14-6-8-15(9-7-14)20(23)24/h2-9,16-17,19,21-22H,10-12H2,1H3/t16-,17-/m1/s1. The number of ether oxygens (including phenoxy) is 1. The Kier molecular flexibility index (Phi) is 6.88. The smallest absolute Gasteiger partial charge is 0.269 e. The Morgan fingerprint density at radius 2 is 1.80 bits per heavy atom. The minimum atomic E-state index is -0.815. The van der Waals surface area contributed by atoms with Crippen LogP contribution in [0, 0.1) is 17.0 Å². The molecule has 134 valence electrons. The molecular weight excluding hydrogens is 324 g/mol. The summed E-state index contributed by atoms with van der Waals surface area (Å²) in [6, 6.07) is 13.3. The summed E-state index contributed by atoms with van der Waals surface area (Å²) in [5.41, 5.74) is 1.55. The Morgan fingerprint density at radius 1 is 1.12 bits per heavy atom. The van der Waals surface area contributed by atoms with Gasteiger partial charge in [0.05, 0.1) is 11.0 Å². The lowest BCUT2D eigenvalue weighted by Gasteiger charge is -2.16. The third-order valence-electron chi connectivity index (χ3n) is 3.73. The van der Waals surface area contributed by atoms with Gasteiger partial charge in [0.2, 0.25) is 0 Å². The molecule has 25 heavy (non-hydrogen) atoms. The Bertz CT molecular complexity index is 690. The monoisotopic (exact) mass is 346 g/mol. The first-order valence-corrected chi connectivity index (χ1v) is 7.97. The summed E-state index contributed by atoms with van der Waals surface area (Å²) in [4.78, 5) is 10.1. The molecule has 0 aliphatic heterocycles. The number of nitro groups is 1. The third kappa shape index (κ3) is 5.82. The second-order valence-electron chi connectivity index (χ2n) is 5.75. The second kappa shape index (κ2) is 9.12. The average molecular weight is 346 g/mol. The summed E-state index contributed by atoms with van der Waals surface area (Å²) < 4.78 is 5.56. The van der Waals surface area contributed by atoms with Crippen molar-refractivity contribution >= 4 is 5.69 Å². The van der Waals surface area contributed by atoms with Gasteiger partial charge in [-0.1, -0.05) is 18.2 Å². The average Bonchev–Trinajstić information content (AvgIpc) is 2.61. The molecule has 0 amide bonds. The molecule has 0 aromatic heterocycles. The third-order valence-corrected chi connectivity index (χ3v) is 3.73. The molecular formula is C18H22N2O5. The van der Waals surface area contributed by atoms with E-state index in [1.54, 1.807) is 0 Å². The maximum absolute atomic E-state index is 10.6. The van der Waals surface area contributed by atoms with Crippen LogP contribution in [0.1, 0.15) is 17.2 Å². The molecule has 3 N–H and O–H groups in total. The van der Waals surface area contributed by atoms with E-state index < -0.39 is 17.1 Å². The Balaban J connectivity index is 1.72. The Morgan fingerprint density at radius 3 is 2.44 bits per heavy atom. The van der Waals surface area contributed by atoms with Gasteiger partial charge in [0, 0.05) is 25.2 Å². The van der Waals surface area contributed by atoms with Crippen LogP contribution in [0.3, 0.4) is 0 Å². The van der Waals surface area contributed by atoms with Crippen molar-refractivity contribution in [2.45, 2.75) is 19.1 Å². The fourth-order valence-corrected chi connectivity index (χ4v) is 2.29. The van der Waals surface area contributed by atoms with E-state index in [4.69, 9.17) is 4.74 Å². The van der Waals surface area contributed by atoms with E-state index in [2.05, 4.69) is 5.32 Å². The number of hydrogen-bond acceptors (Lipinski definition) is 6. The minimum Gasteiger partial charge on any atom is -0.491 e. The van der Waals surface area contributed by atoms with E-state index in [0.717, 1.165) is 11.3 Å². The van der Waals surface area contributed by atoms with E-state index in [1.807, 2.05) is 31.2 Å². The summed E-state index contributed by atoms with van der Waals surface area (Å²) in [5, 5.41) is 33.6. The first-order chi connectivity index (χ1) is 12.0. The van der Waals surface area contributed by atoms with Crippen molar-refractivity contribution in [1.82, 2.24) is 5.32 Å². The molecule has 2 rings (SSSR count). The van der Waals surface area contributed by atoms with Crippen molar-refractivity contribution < 1.29 is 19.9 Å². The number of aliphatic hydroxyl groups excluding tert-OH is 2. The predicted molar refractivity (Wildman–Crippen MR) is 93.6 cm³/mol. The van der Waals surface area contributed by atoms with E-state index >= 15 is 0 Å². The zero-order chi connectivity index (χ0) is 18.2. The normalized spacial score (nSPS) is 13.2. The lowest BCUT2D eigenvalue weighted by Crippen LogP contribution is -2.33. The molecule has 0 unspecified atom stereocenters. The van der Waals surface area contributed by atoms with Crippen molar-refractivity contribution in [3.05, 3.63) is 69.8 Å². The van der Waals surface area contributed by atoms with Crippen molar-refractivity contribution in [2.75, 3.05) is 19.7 Å². The summed E-state index contributed by atoms with van der Waals surface area (Å²) in [6.45, 7) is 2.56. The SMILES string of the molecule is Cc1ccccc1OC[C@H](O)CNC[C@@H](O)c1ccc([N+](=O)[O-])cc1. The topological polar surface area (TPSA) is 105 Å². The number of non-ortho nitro benzene ring substituents is 1. The van der Waals surface area contributed by atoms with Crippen molar-refractivity contribution in [3.8, 4) is 5.75 Å². The van der Waals surface area contributed by atoms with E-state index in [9.17, 15) is 20.3 Å². The highest BCUT2D eigenvalue weighted by Crippen LogP contribution is 2.18. The summed E-state index contributed by atoms with van der Waals surface area (Å²) in [5.74, 6) is 0.729. The Labute approximate surface area is 146 Å². The van der Waals surface area contributed by atoms with Gasteiger partial charge < -0.3 is 20.3 Å². The van der Waals surface area contributed by atoms with Crippen molar-refractivity contribution in [3.63, 3.8) is 0 Å². The summed E-state index contributed by atoms with van der Waals surface area (Å²) >= 11 is 0. The molecule has 7 nitrogen and oxygen atoms in total. The van der Waals surface area contributed by atoms with E-state index in [-0.39, 0.29) is 25.4 Å². The molecule has 0 spiro atoms. The lowest BCUT2D eigenvalue weighted by atomic mass is 10.1. The van der Waals surface area contributed by atoms with E-state index in [0.29, 0.717) is 5.56 Å². The maximum atomic E-state index is 10.6. The van der Waals surface area contributed by atoms with Gasteiger partial charge in [0.15, 0.2) is 0 Å². The quantitative estimate of drug-likeness (QED) is 0.474. The number of aliphatic hydroxyl groups is 2. The van der Waals surface area contributed by atoms with Gasteiger partial charge >= 0.3 is 0 Å². The molecule has 2 aromatic rings. The summed E-state index contributed by atoms with van der Waals surface area (Å²) in [7, 11) is 0. The molecule has 0 aliphatic carbocycles. The van der Waals surface area contributed by atoms with E-state index in [1.165, 1.54) is 24.3 Å². The second-order valence-corrected chi connectivity index (χ2v) is 5.75. The molecule has 2 aromatic carbocycles. The van der Waals surface area contributed by atoms with Crippen LogP contribution in [0.2, 0.25) is 0 Å². The van der Waals surface area contributed by atoms with Gasteiger partial charge in [-0.25, -0.2) is 0 Å². The molecule has 0 saturated carbocycles. The zero-order valence-corrected chi connectivity index (χ0v) is 14.0. The van der Waals surface area contributed by atoms with Crippen LogP contribution < -0.4 is 10.1 Å². The van der Waals surface area contributed by atoms with Crippen molar-refractivity contribution in [2.24, 2.45) is 0 Å². The number of para-hydroxylation sites is 1. The van der Waals surface area contributed by atoms with Gasteiger partial charge in [-0.2, -0.15) is 0 Å². The van der Waals surface area contributed by atoms with Crippen molar-refractivity contribution in [1.29, 1.82) is 0 Å². The Hall–Kier alpha value is -2.48. The highest BCUT2D eigenvalue weighted by molar-refractivity contribution is 5.34. The molecule has 2 atom stereocenters. The lowest BCUT2D eigenvalue weighted by molar-refractivity contribution is -0.384. The molecule has 0 radical (unpaired) electrons. The predicted octanol–water partition coefficient (Wildman–Crippen LogP) is 1.97. The van der Waals surface area contributed by atoms with Crippen LogP contribution in [-0.4, -0.2) is 40.9 Å². The number of nitrogens with one attached hydrogen (secondary N) is 1. The molecule has 0 heterocycles. The van der Waals surface area contributed by atoms with Crippen LogP contribution in [-0.2, 0) is 0 Å². The van der Waals surface area contributed by atoms with Gasteiger partial charge in [0.25, 0.3) is 5.69 Å². The number of nitrogens with zero attached hydrogens (tertiary/aromatic N) is 1. The number of benzene rings is 2. The van der Waals surface area contributed by atoms with Gasteiger partial charge in [-0.15, -0.1) is 0 Å². The highest BCUT2D eigenvalue weighted by Gasteiger charge is 2.12. The number of hydrogen-bond donors (Lipinski definition) is 3. The van der Waals surface area contributed by atoms with Crippen LogP contribution in [0.25, 0.3) is 0 Å². The molecule has 0 fully saturated rings. The van der Waals surface area contributed by atoms with Crippen LogP contribution in [0.4, 0.5) is 5.69 Å². The van der Waals surface area contributed by atoms with Crippen LogP contribution in [0.5, 0.6) is 5.75 Å². The highest BCUT2D eigenvalue weighted by atomic mass is 16.6. The first-order valence-electron chi connectivity index (χ1n) is 7.97. The number of rotatable bonds is 9. The molecule has 7 heteroatoms. The largest absolute Gasteiger partial charge is 0.491 e. The van der Waals surface area contributed by atoms with Crippen LogP contribution >= 0.6 is 0 Å². The molecule has 0 bridgehead atoms. The molecule has 0 saturated heterocycles. The summed E-state index contributed by atoms with van der Waals surface area (Å²) in [6.07, 6.45) is -1.53. The fourth-order valence-electron chi connectivity index (χ4n) is 2.29. The van der Waals surface area contributed by atoms with Gasteiger partial charge in [0.1, 0.15) is 18.5 Å². The zero-order valence-electron chi connectivity index (χ0n) is 14.0. The first kappa shape index (κ1) is 18.9. The number of nitro benzene ring substituents is 1. The van der Waals surface area contributed by atoms with Gasteiger partial charge in [-0.3, -0.25) is 10.1 Å². The van der Waals surface area contributed by atoms with Crippen LogP contribution in [0.15, 0.2) is 48.5 Å². The molecule has 0 aliphatic rings. The van der Waals surface area contributed by atoms with Gasteiger partial charge in [-0.05, 0) is 36.2 Å². The minimum absolute atomic E-state index is 0.0207. The fraction of sp³-hybridized carbons (Fsp3) is 0.333.